The first-order chi connectivity index (χ1) is 21.3. The Morgan fingerprint density at radius 2 is 1.27 bits per heavy atom. The minimum atomic E-state index is -1.12. The zero-order valence-corrected chi connectivity index (χ0v) is 25.0. The summed E-state index contributed by atoms with van der Waals surface area (Å²) in [6, 6.07) is 15.7. The van der Waals surface area contributed by atoms with Gasteiger partial charge in [0.15, 0.2) is 0 Å². The summed E-state index contributed by atoms with van der Waals surface area (Å²) in [5.74, 6) is -1.20. The van der Waals surface area contributed by atoms with Gasteiger partial charge in [-0.25, -0.2) is 0 Å². The van der Waals surface area contributed by atoms with E-state index in [9.17, 15) is 19.2 Å². The Balaban J connectivity index is 1.14. The van der Waals surface area contributed by atoms with E-state index in [1.807, 2.05) is 24.3 Å². The lowest BCUT2D eigenvalue weighted by Crippen LogP contribution is -2.57. The number of likely N-dealkylation sites (tertiary alicyclic amines) is 1. The molecule has 8 aliphatic rings. The number of carboxylic acids is 1. The third-order valence-corrected chi connectivity index (χ3v) is 12.1. The van der Waals surface area contributed by atoms with Crippen LogP contribution in [0.15, 0.2) is 48.5 Å². The normalized spacial score (nSPS) is 35.6. The standard InChI is InChI=1S/C36H41N3O5/c40-28(41)18-37-33(42)27-10-5-11-39(27)35(44)32-30-25-8-3-1-6-23(25)29(24-7-2-4-9-26(24)30)31(32)34(43)38-19-36-15-20-12-21(16-36)14-22(13-20)17-36/h1-4,6-9,20-22,27,29-32H,5,10-19H2,(H,37,42)(H,38,43)(H,40,41)/t20?,21?,22?,27-,29?,30?,31?,32?,36?/m0/s1. The number of rotatable bonds is 7. The van der Waals surface area contributed by atoms with Crippen molar-refractivity contribution in [3.05, 3.63) is 70.8 Å². The second-order valence-electron chi connectivity index (χ2n) is 14.7. The molecule has 2 aromatic rings. The molecular formula is C36H41N3O5. The Morgan fingerprint density at radius 3 is 1.80 bits per heavy atom. The maximum absolute atomic E-state index is 14.8. The SMILES string of the molecule is O=C(O)CNC(=O)[C@@H]1CCCN1C(=O)C1C2c3ccccc3C(c3ccccc32)C1C(=O)NCC12CC3CC(CC(C3)C1)C2. The fourth-order valence-corrected chi connectivity index (χ4v) is 11.0. The number of hydrogen-bond donors (Lipinski definition) is 3. The average Bonchev–Trinajstić information content (AvgIpc) is 3.51. The quantitative estimate of drug-likeness (QED) is 0.447. The van der Waals surface area contributed by atoms with Crippen molar-refractivity contribution in [1.29, 1.82) is 0 Å². The van der Waals surface area contributed by atoms with Crippen LogP contribution in [-0.4, -0.2) is 59.4 Å². The molecule has 10 rings (SSSR count). The third-order valence-electron chi connectivity index (χ3n) is 12.1. The highest BCUT2D eigenvalue weighted by Crippen LogP contribution is 2.61. The molecule has 1 aliphatic heterocycles. The van der Waals surface area contributed by atoms with Gasteiger partial charge in [-0.15, -0.1) is 0 Å². The van der Waals surface area contributed by atoms with Crippen LogP contribution >= 0.6 is 0 Å². The molecule has 8 heteroatoms. The van der Waals surface area contributed by atoms with E-state index >= 15 is 0 Å². The van der Waals surface area contributed by atoms with Crippen LogP contribution in [-0.2, 0) is 19.2 Å². The van der Waals surface area contributed by atoms with Gasteiger partial charge in [-0.3, -0.25) is 19.2 Å². The molecule has 3 amide bonds. The molecule has 230 valence electrons. The van der Waals surface area contributed by atoms with E-state index in [0.717, 1.165) is 40.0 Å². The smallest absolute Gasteiger partial charge is 0.322 e. The van der Waals surface area contributed by atoms with Crippen LogP contribution in [0.2, 0.25) is 0 Å². The highest BCUT2D eigenvalue weighted by molar-refractivity contribution is 5.95. The largest absolute Gasteiger partial charge is 0.480 e. The van der Waals surface area contributed by atoms with Gasteiger partial charge >= 0.3 is 5.97 Å². The van der Waals surface area contributed by atoms with E-state index < -0.39 is 36.3 Å². The molecule has 6 bridgehead atoms. The number of amides is 3. The van der Waals surface area contributed by atoms with Gasteiger partial charge in [0.1, 0.15) is 12.6 Å². The van der Waals surface area contributed by atoms with Crippen LogP contribution in [0.3, 0.4) is 0 Å². The molecule has 2 unspecified atom stereocenters. The van der Waals surface area contributed by atoms with Crippen molar-refractivity contribution in [2.45, 2.75) is 69.2 Å². The first-order valence-electron chi connectivity index (χ1n) is 16.6. The van der Waals surface area contributed by atoms with E-state index in [2.05, 4.69) is 34.9 Å². The highest BCUT2D eigenvalue weighted by atomic mass is 16.4. The predicted molar refractivity (Wildman–Crippen MR) is 163 cm³/mol. The summed E-state index contributed by atoms with van der Waals surface area (Å²) >= 11 is 0. The van der Waals surface area contributed by atoms with E-state index in [0.29, 0.717) is 25.9 Å². The second-order valence-corrected chi connectivity index (χ2v) is 14.7. The molecular weight excluding hydrogens is 554 g/mol. The third kappa shape index (κ3) is 4.39. The molecule has 7 aliphatic carbocycles. The van der Waals surface area contributed by atoms with E-state index in [1.165, 1.54) is 38.5 Å². The molecule has 3 N–H and O–H groups in total. The molecule has 4 saturated carbocycles. The van der Waals surface area contributed by atoms with Gasteiger partial charge in [-0.1, -0.05) is 48.5 Å². The maximum atomic E-state index is 14.8. The number of nitrogens with one attached hydrogen (secondary N) is 2. The highest BCUT2D eigenvalue weighted by Gasteiger charge is 2.57. The van der Waals surface area contributed by atoms with Crippen LogP contribution in [0.25, 0.3) is 0 Å². The zero-order chi connectivity index (χ0) is 30.2. The van der Waals surface area contributed by atoms with E-state index in [-0.39, 0.29) is 29.1 Å². The van der Waals surface area contributed by atoms with Crippen LogP contribution in [0.1, 0.15) is 85.5 Å². The number of hydrogen-bond acceptors (Lipinski definition) is 4. The van der Waals surface area contributed by atoms with Crippen molar-refractivity contribution in [3.8, 4) is 0 Å². The van der Waals surface area contributed by atoms with Crippen molar-refractivity contribution in [2.75, 3.05) is 19.6 Å². The number of fused-ring (bicyclic) bond motifs is 1. The molecule has 8 nitrogen and oxygen atoms in total. The number of benzene rings is 2. The molecule has 1 heterocycles. The van der Waals surface area contributed by atoms with Crippen LogP contribution in [0.5, 0.6) is 0 Å². The molecule has 1 saturated heterocycles. The van der Waals surface area contributed by atoms with Gasteiger partial charge < -0.3 is 20.6 Å². The summed E-state index contributed by atoms with van der Waals surface area (Å²) in [4.78, 5) is 55.2. The Bertz CT molecular complexity index is 1450. The molecule has 44 heavy (non-hydrogen) atoms. The summed E-state index contributed by atoms with van der Waals surface area (Å²) in [5, 5.41) is 15.0. The molecule has 0 spiro atoms. The minimum Gasteiger partial charge on any atom is -0.480 e. The first-order valence-corrected chi connectivity index (χ1v) is 16.6. The average molecular weight is 596 g/mol. The predicted octanol–water partition coefficient (Wildman–Crippen LogP) is 4.03. The molecule has 2 aromatic carbocycles. The fourth-order valence-electron chi connectivity index (χ4n) is 11.0. The van der Waals surface area contributed by atoms with Crippen molar-refractivity contribution >= 4 is 23.7 Å². The van der Waals surface area contributed by atoms with Crippen LogP contribution in [0.4, 0.5) is 0 Å². The Labute approximate surface area is 258 Å². The van der Waals surface area contributed by atoms with Crippen molar-refractivity contribution in [2.24, 2.45) is 35.0 Å². The lowest BCUT2D eigenvalue weighted by molar-refractivity contribution is -0.148. The Morgan fingerprint density at radius 1 is 0.750 bits per heavy atom. The van der Waals surface area contributed by atoms with E-state index in [4.69, 9.17) is 5.11 Å². The Hall–Kier alpha value is -3.68. The molecule has 3 atom stereocenters. The molecule has 0 radical (unpaired) electrons. The van der Waals surface area contributed by atoms with Crippen molar-refractivity contribution < 1.29 is 24.3 Å². The number of carbonyl (C=O) groups is 4. The lowest BCUT2D eigenvalue weighted by Gasteiger charge is -2.57. The summed E-state index contributed by atoms with van der Waals surface area (Å²) in [6.45, 7) is 0.613. The number of carbonyl (C=O) groups excluding carboxylic acids is 3. The maximum Gasteiger partial charge on any atom is 0.322 e. The van der Waals surface area contributed by atoms with Gasteiger partial charge in [0.25, 0.3) is 0 Å². The monoisotopic (exact) mass is 595 g/mol. The van der Waals surface area contributed by atoms with Crippen LogP contribution < -0.4 is 10.6 Å². The van der Waals surface area contributed by atoms with Crippen molar-refractivity contribution in [3.63, 3.8) is 0 Å². The van der Waals surface area contributed by atoms with E-state index in [1.54, 1.807) is 4.90 Å². The Kier molecular flexibility index (Phi) is 6.61. The molecule has 0 aromatic heterocycles. The topological polar surface area (TPSA) is 116 Å². The first kappa shape index (κ1) is 27.8. The van der Waals surface area contributed by atoms with Gasteiger partial charge in [-0.2, -0.15) is 0 Å². The zero-order valence-electron chi connectivity index (χ0n) is 25.0. The van der Waals surface area contributed by atoms with Crippen molar-refractivity contribution in [1.82, 2.24) is 15.5 Å². The fraction of sp³-hybridized carbons (Fsp3) is 0.556. The second kappa shape index (κ2) is 10.5. The minimum absolute atomic E-state index is 0.0517. The summed E-state index contributed by atoms with van der Waals surface area (Å²) < 4.78 is 0. The van der Waals surface area contributed by atoms with Gasteiger partial charge in [0.2, 0.25) is 17.7 Å². The summed E-state index contributed by atoms with van der Waals surface area (Å²) in [5.41, 5.74) is 4.59. The van der Waals surface area contributed by atoms with Crippen LogP contribution in [0, 0.1) is 35.0 Å². The molecule has 5 fully saturated rings. The number of aliphatic carboxylic acids is 1. The van der Waals surface area contributed by atoms with Gasteiger partial charge in [0.05, 0.1) is 11.8 Å². The van der Waals surface area contributed by atoms with Gasteiger partial charge in [0, 0.05) is 24.9 Å². The summed E-state index contributed by atoms with van der Waals surface area (Å²) in [6.07, 6.45) is 8.78. The number of nitrogens with zero attached hydrogens (tertiary/aromatic N) is 1. The summed E-state index contributed by atoms with van der Waals surface area (Å²) in [7, 11) is 0. The number of carboxylic acid groups (broad SMARTS) is 1. The lowest BCUT2D eigenvalue weighted by atomic mass is 9.49. The van der Waals surface area contributed by atoms with Gasteiger partial charge in [-0.05, 0) is 96.8 Å².